The molecule has 1 aromatic carbocycles. The van der Waals surface area contributed by atoms with Crippen LogP contribution in [0.2, 0.25) is 0 Å². The summed E-state index contributed by atoms with van der Waals surface area (Å²) < 4.78 is 28.2. The van der Waals surface area contributed by atoms with Crippen LogP contribution in [0, 0.1) is 0 Å². The first-order valence-electron chi connectivity index (χ1n) is 6.87. The number of tetrazole rings is 1. The van der Waals surface area contributed by atoms with Crippen LogP contribution in [0.5, 0.6) is 0 Å². The molecule has 3 rings (SSSR count). The van der Waals surface area contributed by atoms with Gasteiger partial charge in [0.1, 0.15) is 0 Å². The van der Waals surface area contributed by atoms with Gasteiger partial charge in [-0.3, -0.25) is 4.72 Å². The lowest BCUT2D eigenvalue weighted by atomic mass is 10.2. The van der Waals surface area contributed by atoms with Gasteiger partial charge in [-0.2, -0.15) is 0 Å². The van der Waals surface area contributed by atoms with E-state index in [2.05, 4.69) is 20.2 Å². The molecule has 0 spiro atoms. The predicted molar refractivity (Wildman–Crippen MR) is 79.2 cm³/mol. The monoisotopic (exact) mass is 307 g/mol. The van der Waals surface area contributed by atoms with Gasteiger partial charge in [0.25, 0.3) is 0 Å². The first-order chi connectivity index (χ1) is 9.97. The largest absolute Gasteiger partial charge is 0.283 e. The van der Waals surface area contributed by atoms with Crippen molar-refractivity contribution in [2.24, 2.45) is 0 Å². The zero-order valence-electron chi connectivity index (χ0n) is 11.9. The molecule has 0 atom stereocenters. The Labute approximate surface area is 123 Å². The fraction of sp³-hybridized carbons (Fsp3) is 0.462. The molecule has 0 radical (unpaired) electrons. The van der Waals surface area contributed by atoms with Gasteiger partial charge in [-0.1, -0.05) is 12.1 Å². The third-order valence-corrected chi connectivity index (χ3v) is 5.15. The smallest absolute Gasteiger partial charge is 0.235 e. The lowest BCUT2D eigenvalue weighted by molar-refractivity contribution is 0.593. The van der Waals surface area contributed by atoms with E-state index in [4.69, 9.17) is 0 Å². The summed E-state index contributed by atoms with van der Waals surface area (Å²) in [6.45, 7) is 3.28. The van der Waals surface area contributed by atoms with Crippen LogP contribution in [0.25, 0.3) is 11.4 Å². The third kappa shape index (κ3) is 2.90. The number of nitrogens with one attached hydrogen (secondary N) is 1. The summed E-state index contributed by atoms with van der Waals surface area (Å²) in [4.78, 5) is 0. The number of sulfonamides is 1. The molecule has 1 saturated carbocycles. The molecule has 0 unspecified atom stereocenters. The summed E-state index contributed by atoms with van der Waals surface area (Å²) in [6.07, 6.45) is 2.16. The van der Waals surface area contributed by atoms with Crippen molar-refractivity contribution >= 4 is 15.7 Å². The van der Waals surface area contributed by atoms with Gasteiger partial charge in [0.15, 0.2) is 5.82 Å². The van der Waals surface area contributed by atoms with Crippen LogP contribution in [0.4, 0.5) is 5.69 Å². The SMILES string of the molecule is CC(C)S(=O)(=O)Nc1cccc(-c2nnnn2C2CC2)c1. The Bertz CT molecular complexity index is 749. The molecular formula is C13H17N5O2S. The highest BCUT2D eigenvalue weighted by atomic mass is 32.2. The van der Waals surface area contributed by atoms with Gasteiger partial charge in [-0.15, -0.1) is 5.10 Å². The maximum Gasteiger partial charge on any atom is 0.235 e. The molecule has 1 aliphatic carbocycles. The number of aromatic nitrogens is 4. The van der Waals surface area contributed by atoms with E-state index in [0.29, 0.717) is 17.6 Å². The van der Waals surface area contributed by atoms with Crippen LogP contribution in [0.15, 0.2) is 24.3 Å². The highest BCUT2D eigenvalue weighted by Gasteiger charge is 2.28. The fourth-order valence-corrected chi connectivity index (χ4v) is 2.64. The second-order valence-electron chi connectivity index (χ2n) is 5.45. The summed E-state index contributed by atoms with van der Waals surface area (Å²) >= 11 is 0. The molecule has 2 aromatic rings. The van der Waals surface area contributed by atoms with Crippen LogP contribution in [0.3, 0.4) is 0 Å². The van der Waals surface area contributed by atoms with Gasteiger partial charge in [-0.05, 0) is 49.2 Å². The first kappa shape index (κ1) is 14.0. The second kappa shape index (κ2) is 5.10. The number of rotatable bonds is 5. The highest BCUT2D eigenvalue weighted by molar-refractivity contribution is 7.93. The summed E-state index contributed by atoms with van der Waals surface area (Å²) in [5.74, 6) is 0.670. The van der Waals surface area contributed by atoms with E-state index in [1.165, 1.54) is 0 Å². The lowest BCUT2D eigenvalue weighted by Crippen LogP contribution is -2.22. The van der Waals surface area contributed by atoms with Crippen molar-refractivity contribution in [1.82, 2.24) is 20.2 Å². The quantitative estimate of drug-likeness (QED) is 0.910. The molecule has 21 heavy (non-hydrogen) atoms. The Morgan fingerprint density at radius 2 is 2.10 bits per heavy atom. The standard InChI is InChI=1S/C13H17N5O2S/c1-9(2)21(19,20)15-11-5-3-4-10(8-11)13-14-16-17-18(13)12-6-7-12/h3-5,8-9,12,15H,6-7H2,1-2H3. The minimum atomic E-state index is -3.36. The Morgan fingerprint density at radius 3 is 2.76 bits per heavy atom. The Kier molecular flexibility index (Phi) is 3.40. The number of hydrogen-bond donors (Lipinski definition) is 1. The summed E-state index contributed by atoms with van der Waals surface area (Å²) in [6, 6.07) is 7.50. The third-order valence-electron chi connectivity index (χ3n) is 3.39. The molecule has 1 aliphatic rings. The van der Waals surface area contributed by atoms with Crippen molar-refractivity contribution in [3.05, 3.63) is 24.3 Å². The molecule has 0 saturated heterocycles. The zero-order valence-corrected chi connectivity index (χ0v) is 12.7. The van der Waals surface area contributed by atoms with Gasteiger partial charge in [-0.25, -0.2) is 13.1 Å². The van der Waals surface area contributed by atoms with Crippen LogP contribution in [-0.2, 0) is 10.0 Å². The number of hydrogen-bond acceptors (Lipinski definition) is 5. The summed E-state index contributed by atoms with van der Waals surface area (Å²) in [5, 5.41) is 11.3. The number of nitrogens with zero attached hydrogens (tertiary/aromatic N) is 4. The topological polar surface area (TPSA) is 89.8 Å². The molecule has 7 nitrogen and oxygen atoms in total. The molecule has 1 fully saturated rings. The molecule has 1 aromatic heterocycles. The van der Waals surface area contributed by atoms with Gasteiger partial charge < -0.3 is 0 Å². The van der Waals surface area contributed by atoms with Crippen molar-refractivity contribution in [3.8, 4) is 11.4 Å². The lowest BCUT2D eigenvalue weighted by Gasteiger charge is -2.11. The highest BCUT2D eigenvalue weighted by Crippen LogP contribution is 2.36. The Hall–Kier alpha value is -1.96. The summed E-state index contributed by atoms with van der Waals surface area (Å²) in [7, 11) is -3.36. The molecule has 1 heterocycles. The van der Waals surface area contributed by atoms with E-state index in [1.54, 1.807) is 36.7 Å². The number of anilines is 1. The van der Waals surface area contributed by atoms with Gasteiger partial charge in [0.05, 0.1) is 11.3 Å². The van der Waals surface area contributed by atoms with Crippen LogP contribution in [-0.4, -0.2) is 33.9 Å². The van der Waals surface area contributed by atoms with Crippen LogP contribution in [0.1, 0.15) is 32.7 Å². The molecule has 112 valence electrons. The van der Waals surface area contributed by atoms with Gasteiger partial charge >= 0.3 is 0 Å². The average molecular weight is 307 g/mol. The minimum Gasteiger partial charge on any atom is -0.283 e. The van der Waals surface area contributed by atoms with Gasteiger partial charge in [0.2, 0.25) is 10.0 Å². The van der Waals surface area contributed by atoms with Crippen molar-refractivity contribution in [1.29, 1.82) is 0 Å². The zero-order chi connectivity index (χ0) is 15.0. The Balaban J connectivity index is 1.91. The van der Waals surface area contributed by atoms with Gasteiger partial charge in [0, 0.05) is 11.3 Å². The van der Waals surface area contributed by atoms with E-state index in [1.807, 2.05) is 6.07 Å². The number of benzene rings is 1. The molecular weight excluding hydrogens is 290 g/mol. The normalized spacial score (nSPS) is 15.4. The van der Waals surface area contributed by atoms with Crippen LogP contribution < -0.4 is 4.72 Å². The van der Waals surface area contributed by atoms with E-state index in [0.717, 1.165) is 18.4 Å². The Morgan fingerprint density at radius 1 is 1.33 bits per heavy atom. The molecule has 0 bridgehead atoms. The van der Waals surface area contributed by atoms with E-state index < -0.39 is 15.3 Å². The van der Waals surface area contributed by atoms with Crippen molar-refractivity contribution in [3.63, 3.8) is 0 Å². The maximum absolute atomic E-state index is 11.9. The van der Waals surface area contributed by atoms with Crippen molar-refractivity contribution in [2.75, 3.05) is 4.72 Å². The van der Waals surface area contributed by atoms with Crippen molar-refractivity contribution in [2.45, 2.75) is 38.0 Å². The summed E-state index contributed by atoms with van der Waals surface area (Å²) in [5.41, 5.74) is 1.32. The predicted octanol–water partition coefficient (Wildman–Crippen LogP) is 1.83. The molecule has 0 amide bonds. The molecule has 8 heteroatoms. The first-order valence-corrected chi connectivity index (χ1v) is 8.42. The average Bonchev–Trinajstić information content (AvgIpc) is 3.15. The van der Waals surface area contributed by atoms with E-state index in [9.17, 15) is 8.42 Å². The second-order valence-corrected chi connectivity index (χ2v) is 7.69. The van der Waals surface area contributed by atoms with E-state index >= 15 is 0 Å². The maximum atomic E-state index is 11.9. The van der Waals surface area contributed by atoms with E-state index in [-0.39, 0.29) is 0 Å². The molecule has 0 aliphatic heterocycles. The molecule has 1 N–H and O–H groups in total. The fourth-order valence-electron chi connectivity index (χ4n) is 1.95. The van der Waals surface area contributed by atoms with Crippen LogP contribution >= 0.6 is 0 Å². The van der Waals surface area contributed by atoms with Crippen molar-refractivity contribution < 1.29 is 8.42 Å². The minimum absolute atomic E-state index is 0.367.